The summed E-state index contributed by atoms with van der Waals surface area (Å²) in [4.78, 5) is 12.0. The number of amides is 1. The number of hydrogen-bond acceptors (Lipinski definition) is 4. The molecule has 0 fully saturated rings. The molecule has 1 unspecified atom stereocenters. The first-order valence-corrected chi connectivity index (χ1v) is 7.89. The summed E-state index contributed by atoms with van der Waals surface area (Å²) in [7, 11) is 0. The van der Waals surface area contributed by atoms with Crippen molar-refractivity contribution in [3.05, 3.63) is 36.1 Å². The molecule has 1 aromatic heterocycles. The van der Waals surface area contributed by atoms with E-state index < -0.39 is 5.60 Å². The molecule has 0 spiro atoms. The fourth-order valence-corrected chi connectivity index (χ4v) is 2.51. The highest BCUT2D eigenvalue weighted by Crippen LogP contribution is 2.19. The maximum absolute atomic E-state index is 12.0. The van der Waals surface area contributed by atoms with E-state index in [0.29, 0.717) is 12.0 Å². The molecule has 0 aliphatic carbocycles. The monoisotopic (exact) mass is 293 g/mol. The molecule has 108 valence electrons. The number of carbonyl (C=O) groups is 1. The van der Waals surface area contributed by atoms with Crippen LogP contribution >= 0.6 is 11.8 Å². The van der Waals surface area contributed by atoms with Gasteiger partial charge in [-0.15, -0.1) is 0 Å². The van der Waals surface area contributed by atoms with Crippen molar-refractivity contribution in [2.24, 2.45) is 0 Å². The van der Waals surface area contributed by atoms with E-state index in [2.05, 4.69) is 5.32 Å². The minimum atomic E-state index is -0.898. The van der Waals surface area contributed by atoms with Crippen LogP contribution in [0.3, 0.4) is 0 Å². The van der Waals surface area contributed by atoms with Gasteiger partial charge >= 0.3 is 0 Å². The number of carbonyl (C=O) groups excluding carboxylic acids is 1. The fraction of sp³-hybridized carbons (Fsp3) is 0.400. The molecule has 0 aliphatic heterocycles. The smallest absolute Gasteiger partial charge is 0.287 e. The van der Waals surface area contributed by atoms with Crippen molar-refractivity contribution in [1.82, 2.24) is 5.32 Å². The first-order chi connectivity index (χ1) is 9.52. The molecule has 1 atom stereocenters. The van der Waals surface area contributed by atoms with Gasteiger partial charge in [-0.25, -0.2) is 0 Å². The largest absolute Gasteiger partial charge is 0.451 e. The highest BCUT2D eigenvalue weighted by molar-refractivity contribution is 7.98. The standard InChI is InChI=1S/C15H19NO3S/c1-15(18,7-8-20-2)10-16-14(17)13-9-11-5-3-4-6-12(11)19-13/h3-6,9,18H,7-8,10H2,1-2H3,(H,16,17). The minimum absolute atomic E-state index is 0.212. The third-order valence-electron chi connectivity index (χ3n) is 3.12. The second-order valence-corrected chi connectivity index (χ2v) is 6.06. The molecule has 2 rings (SSSR count). The molecule has 0 radical (unpaired) electrons. The van der Waals surface area contributed by atoms with E-state index in [-0.39, 0.29) is 18.2 Å². The SMILES string of the molecule is CSCCC(C)(O)CNC(=O)c1cc2ccccc2o1. The summed E-state index contributed by atoms with van der Waals surface area (Å²) >= 11 is 1.67. The Hall–Kier alpha value is -1.46. The summed E-state index contributed by atoms with van der Waals surface area (Å²) in [6, 6.07) is 9.18. The number of benzene rings is 1. The topological polar surface area (TPSA) is 62.5 Å². The van der Waals surface area contributed by atoms with Crippen LogP contribution in [0.5, 0.6) is 0 Å². The molecule has 2 N–H and O–H groups in total. The fourth-order valence-electron chi connectivity index (χ4n) is 1.86. The Bertz CT molecular complexity index is 559. The van der Waals surface area contributed by atoms with E-state index in [1.54, 1.807) is 24.8 Å². The highest BCUT2D eigenvalue weighted by Gasteiger charge is 2.22. The van der Waals surface area contributed by atoms with Crippen molar-refractivity contribution in [3.8, 4) is 0 Å². The number of thioether (sulfide) groups is 1. The van der Waals surface area contributed by atoms with Crippen LogP contribution in [-0.4, -0.2) is 35.2 Å². The quantitative estimate of drug-likeness (QED) is 0.859. The van der Waals surface area contributed by atoms with E-state index in [4.69, 9.17) is 4.42 Å². The number of aliphatic hydroxyl groups is 1. The van der Waals surface area contributed by atoms with Gasteiger partial charge in [0.2, 0.25) is 0 Å². The zero-order valence-corrected chi connectivity index (χ0v) is 12.5. The Morgan fingerprint density at radius 3 is 2.90 bits per heavy atom. The Labute approximate surface area is 122 Å². The lowest BCUT2D eigenvalue weighted by Gasteiger charge is -2.22. The average Bonchev–Trinajstić information content (AvgIpc) is 2.86. The summed E-state index contributed by atoms with van der Waals surface area (Å²) in [6.45, 7) is 1.94. The number of hydrogen-bond donors (Lipinski definition) is 2. The van der Waals surface area contributed by atoms with Crippen LogP contribution in [0.25, 0.3) is 11.0 Å². The van der Waals surface area contributed by atoms with Gasteiger partial charge in [0.1, 0.15) is 5.58 Å². The number of furan rings is 1. The van der Waals surface area contributed by atoms with Crippen LogP contribution in [0.15, 0.2) is 34.7 Å². The van der Waals surface area contributed by atoms with Crippen LogP contribution in [0.4, 0.5) is 0 Å². The van der Waals surface area contributed by atoms with Crippen LogP contribution in [0, 0.1) is 0 Å². The van der Waals surface area contributed by atoms with Crippen molar-refractivity contribution in [1.29, 1.82) is 0 Å². The van der Waals surface area contributed by atoms with Gasteiger partial charge in [0.15, 0.2) is 5.76 Å². The van der Waals surface area contributed by atoms with Gasteiger partial charge in [-0.05, 0) is 37.5 Å². The second kappa shape index (κ2) is 6.33. The van der Waals surface area contributed by atoms with Gasteiger partial charge in [-0.2, -0.15) is 11.8 Å². The van der Waals surface area contributed by atoms with Gasteiger partial charge in [0.05, 0.1) is 5.60 Å². The molecular formula is C15H19NO3S. The van der Waals surface area contributed by atoms with Crippen molar-refractivity contribution in [2.75, 3.05) is 18.6 Å². The van der Waals surface area contributed by atoms with Crippen LogP contribution in [0.1, 0.15) is 23.9 Å². The third kappa shape index (κ3) is 3.77. The van der Waals surface area contributed by atoms with Gasteiger partial charge < -0.3 is 14.8 Å². The van der Waals surface area contributed by atoms with Crippen molar-refractivity contribution in [2.45, 2.75) is 18.9 Å². The normalized spacial score (nSPS) is 14.2. The Balaban J connectivity index is 1.98. The lowest BCUT2D eigenvalue weighted by atomic mass is 10.0. The molecule has 2 aromatic rings. The Morgan fingerprint density at radius 1 is 1.45 bits per heavy atom. The van der Waals surface area contributed by atoms with E-state index in [1.165, 1.54) is 0 Å². The first kappa shape index (κ1) is 14.9. The number of nitrogens with one attached hydrogen (secondary N) is 1. The lowest BCUT2D eigenvalue weighted by molar-refractivity contribution is 0.0521. The Kier molecular flexibility index (Phi) is 4.73. The minimum Gasteiger partial charge on any atom is -0.451 e. The Morgan fingerprint density at radius 2 is 2.20 bits per heavy atom. The summed E-state index contributed by atoms with van der Waals surface area (Å²) < 4.78 is 5.48. The number of rotatable bonds is 6. The van der Waals surface area contributed by atoms with Gasteiger partial charge in [-0.3, -0.25) is 4.79 Å². The average molecular weight is 293 g/mol. The molecule has 0 aliphatic rings. The van der Waals surface area contributed by atoms with E-state index >= 15 is 0 Å². The number of fused-ring (bicyclic) bond motifs is 1. The van der Waals surface area contributed by atoms with Gasteiger partial charge in [0, 0.05) is 11.9 Å². The molecule has 4 nitrogen and oxygen atoms in total. The molecule has 20 heavy (non-hydrogen) atoms. The maximum Gasteiger partial charge on any atom is 0.287 e. The van der Waals surface area contributed by atoms with Gasteiger partial charge in [-0.1, -0.05) is 18.2 Å². The maximum atomic E-state index is 12.0. The van der Waals surface area contributed by atoms with Crippen molar-refractivity contribution >= 4 is 28.6 Å². The van der Waals surface area contributed by atoms with Crippen molar-refractivity contribution in [3.63, 3.8) is 0 Å². The summed E-state index contributed by atoms with van der Waals surface area (Å²) in [6.07, 6.45) is 2.62. The molecule has 1 heterocycles. The predicted molar refractivity (Wildman–Crippen MR) is 82.2 cm³/mol. The molecule has 0 saturated heterocycles. The van der Waals surface area contributed by atoms with Crippen LogP contribution < -0.4 is 5.32 Å². The second-order valence-electron chi connectivity index (χ2n) is 5.07. The zero-order chi connectivity index (χ0) is 14.6. The van der Waals surface area contributed by atoms with E-state index in [1.807, 2.05) is 30.5 Å². The highest BCUT2D eigenvalue weighted by atomic mass is 32.2. The predicted octanol–water partition coefficient (Wildman–Crippen LogP) is 2.67. The molecular weight excluding hydrogens is 274 g/mol. The number of para-hydroxylation sites is 1. The third-order valence-corrected chi connectivity index (χ3v) is 3.74. The van der Waals surface area contributed by atoms with E-state index in [9.17, 15) is 9.90 Å². The zero-order valence-electron chi connectivity index (χ0n) is 11.7. The summed E-state index contributed by atoms with van der Waals surface area (Å²) in [5.41, 5.74) is -0.211. The van der Waals surface area contributed by atoms with Gasteiger partial charge in [0.25, 0.3) is 5.91 Å². The molecule has 1 aromatic carbocycles. The van der Waals surface area contributed by atoms with Crippen LogP contribution in [-0.2, 0) is 0 Å². The van der Waals surface area contributed by atoms with Crippen molar-refractivity contribution < 1.29 is 14.3 Å². The molecule has 0 bridgehead atoms. The van der Waals surface area contributed by atoms with E-state index in [0.717, 1.165) is 11.1 Å². The molecule has 0 saturated carbocycles. The summed E-state index contributed by atoms with van der Waals surface area (Å²) in [5.74, 6) is 0.825. The van der Waals surface area contributed by atoms with Crippen LogP contribution in [0.2, 0.25) is 0 Å². The summed E-state index contributed by atoms with van der Waals surface area (Å²) in [5, 5.41) is 13.7. The first-order valence-electron chi connectivity index (χ1n) is 6.50. The molecule has 1 amide bonds. The lowest BCUT2D eigenvalue weighted by Crippen LogP contribution is -2.40. The molecule has 5 heteroatoms.